The van der Waals surface area contributed by atoms with Crippen LogP contribution in [0.25, 0.3) is 0 Å². The average molecular weight is 162 g/mol. The number of hydrogen-bond acceptors (Lipinski definition) is 6. The van der Waals surface area contributed by atoms with Gasteiger partial charge < -0.3 is 9.68 Å². The lowest BCUT2D eigenvalue weighted by atomic mass is 11.5. The lowest BCUT2D eigenvalue weighted by molar-refractivity contribution is -0.0486. The summed E-state index contributed by atoms with van der Waals surface area (Å²) in [5.41, 5.74) is 0. The molecule has 48 valence electrons. The van der Waals surface area contributed by atoms with E-state index >= 15 is 0 Å². The van der Waals surface area contributed by atoms with E-state index in [1.54, 1.807) is 0 Å². The van der Waals surface area contributed by atoms with Crippen molar-refractivity contribution in [1.82, 2.24) is 0 Å². The fraction of sp³-hybridized carbons (Fsp3) is 0.333. The van der Waals surface area contributed by atoms with Crippen LogP contribution in [-0.4, -0.2) is 17.1 Å². The molecule has 0 heterocycles. The Hall–Kier alpha value is -0.800. The van der Waals surface area contributed by atoms with Gasteiger partial charge in [0.15, 0.2) is 0 Å². The molecule has 0 aromatic heterocycles. The molecule has 0 fully saturated rings. The molecule has 0 saturated heterocycles. The van der Waals surface area contributed by atoms with Crippen LogP contribution in [-0.2, 0) is 9.68 Å². The molecule has 0 aliphatic heterocycles. The van der Waals surface area contributed by atoms with Crippen molar-refractivity contribution in [1.29, 1.82) is 0 Å². The highest BCUT2D eigenvalue weighted by atomic mass is 32.1. The Morgan fingerprint density at radius 2 is 1.56 bits per heavy atom. The molecule has 0 aliphatic carbocycles. The predicted molar refractivity (Wildman–Crippen MR) is 37.1 cm³/mol. The highest BCUT2D eigenvalue weighted by molar-refractivity contribution is 7.78. The Balaban J connectivity index is 3.09. The van der Waals surface area contributed by atoms with Crippen LogP contribution in [0.4, 0.5) is 0 Å². The summed E-state index contributed by atoms with van der Waals surface area (Å²) < 4.78 is 0. The summed E-state index contributed by atoms with van der Waals surface area (Å²) in [4.78, 5) is 8.58. The number of hydrogen-bond donors (Lipinski definition) is 0. The summed E-state index contributed by atoms with van der Waals surface area (Å²) in [7, 11) is 0. The fourth-order valence-electron chi connectivity index (χ4n) is 0.129. The second-order valence-electron chi connectivity index (χ2n) is 0.741. The maximum absolute atomic E-state index is 4.29. The van der Waals surface area contributed by atoms with Crippen LogP contribution < -0.4 is 0 Å². The first kappa shape index (κ1) is 8.20. The molecule has 0 aromatic carbocycles. The van der Waals surface area contributed by atoms with Crippen molar-refractivity contribution < 1.29 is 9.68 Å². The quantitative estimate of drug-likeness (QED) is 0.203. The third kappa shape index (κ3) is 7.20. The van der Waals surface area contributed by atoms with Crippen LogP contribution >= 0.6 is 24.4 Å². The molecule has 6 heteroatoms. The second-order valence-corrected chi connectivity index (χ2v) is 1.11. The van der Waals surface area contributed by atoms with E-state index in [1.807, 2.05) is 10.3 Å². The van der Waals surface area contributed by atoms with E-state index in [9.17, 15) is 0 Å². The molecule has 0 N–H and O–H groups in total. The normalized spacial score (nSPS) is 6.22. The van der Waals surface area contributed by atoms with E-state index in [0.717, 1.165) is 0 Å². The van der Waals surface area contributed by atoms with Gasteiger partial charge in [-0.2, -0.15) is 0 Å². The van der Waals surface area contributed by atoms with Gasteiger partial charge in [0, 0.05) is 0 Å². The van der Waals surface area contributed by atoms with Crippen molar-refractivity contribution in [3.8, 4) is 0 Å². The molecule has 0 rings (SSSR count). The molecule has 9 heavy (non-hydrogen) atoms. The van der Waals surface area contributed by atoms with Crippen molar-refractivity contribution in [2.75, 3.05) is 6.79 Å². The van der Waals surface area contributed by atoms with Crippen LogP contribution in [0.1, 0.15) is 0 Å². The van der Waals surface area contributed by atoms with Crippen LogP contribution in [0.5, 0.6) is 0 Å². The second kappa shape index (κ2) is 7.20. The molecule has 0 aromatic rings. The minimum absolute atomic E-state index is 0.132. The van der Waals surface area contributed by atoms with Crippen LogP contribution in [0, 0.1) is 0 Å². The van der Waals surface area contributed by atoms with E-state index in [0.29, 0.717) is 0 Å². The van der Waals surface area contributed by atoms with Crippen LogP contribution in [0.2, 0.25) is 0 Å². The molecule has 0 radical (unpaired) electrons. The summed E-state index contributed by atoms with van der Waals surface area (Å²) in [5, 5.41) is 10.0. The summed E-state index contributed by atoms with van der Waals surface area (Å²) in [5.74, 6) is 0. The van der Waals surface area contributed by atoms with E-state index in [-0.39, 0.29) is 6.79 Å². The van der Waals surface area contributed by atoms with Crippen molar-refractivity contribution >= 4 is 34.8 Å². The van der Waals surface area contributed by atoms with Gasteiger partial charge in [0.2, 0.25) is 0 Å². The Labute approximate surface area is 62.1 Å². The van der Waals surface area contributed by atoms with Gasteiger partial charge in [-0.25, -0.2) is 0 Å². The highest BCUT2D eigenvalue weighted by Crippen LogP contribution is 1.76. The average Bonchev–Trinajstić information content (AvgIpc) is 1.89. The molecular formula is C3H2N2O2S2. The zero-order valence-electron chi connectivity index (χ0n) is 4.23. The Morgan fingerprint density at radius 1 is 1.11 bits per heavy atom. The van der Waals surface area contributed by atoms with Crippen LogP contribution in [0.3, 0.4) is 0 Å². The van der Waals surface area contributed by atoms with Crippen LogP contribution in [0.15, 0.2) is 10.3 Å². The number of rotatable bonds is 4. The van der Waals surface area contributed by atoms with E-state index in [2.05, 4.69) is 44.4 Å². The monoisotopic (exact) mass is 162 g/mol. The lowest BCUT2D eigenvalue weighted by Crippen LogP contribution is -1.86. The topological polar surface area (TPSA) is 43.2 Å². The van der Waals surface area contributed by atoms with E-state index in [1.165, 1.54) is 0 Å². The summed E-state index contributed by atoms with van der Waals surface area (Å²) in [6, 6.07) is 0. The van der Waals surface area contributed by atoms with Crippen molar-refractivity contribution in [2.24, 2.45) is 10.3 Å². The smallest absolute Gasteiger partial charge is 0.282 e. The third-order valence-electron chi connectivity index (χ3n) is 0.309. The summed E-state index contributed by atoms with van der Waals surface area (Å²) in [6.07, 6.45) is 0. The van der Waals surface area contributed by atoms with Gasteiger partial charge in [0.05, 0.1) is 0 Å². The molecule has 0 saturated carbocycles. The van der Waals surface area contributed by atoms with Gasteiger partial charge in [-0.15, -0.1) is 0 Å². The maximum Gasteiger partial charge on any atom is 0.282 e. The van der Waals surface area contributed by atoms with Gasteiger partial charge in [-0.3, -0.25) is 0 Å². The first-order valence-corrected chi connectivity index (χ1v) is 2.61. The third-order valence-corrected chi connectivity index (χ3v) is 0.458. The standard InChI is InChI=1S/C3H2N2O2S2/c8-1-4-6-3-7-5-2-9/h3H2. The molecule has 0 aliphatic rings. The Morgan fingerprint density at radius 3 is 1.89 bits per heavy atom. The van der Waals surface area contributed by atoms with Gasteiger partial charge in [-0.1, -0.05) is 0 Å². The molecule has 0 atom stereocenters. The maximum atomic E-state index is 4.29. The summed E-state index contributed by atoms with van der Waals surface area (Å²) in [6.45, 7) is -0.132. The SMILES string of the molecule is S=C=NOCON=C=S. The molecule has 0 bridgehead atoms. The van der Waals surface area contributed by atoms with Crippen molar-refractivity contribution in [2.45, 2.75) is 0 Å². The molecule has 4 nitrogen and oxygen atoms in total. The molecule has 0 amide bonds. The predicted octanol–water partition coefficient (Wildman–Crippen LogP) is 1.01. The van der Waals surface area contributed by atoms with Gasteiger partial charge in [0.25, 0.3) is 6.79 Å². The van der Waals surface area contributed by atoms with Gasteiger partial charge in [0.1, 0.15) is 10.3 Å². The minimum Gasteiger partial charge on any atom is -0.343 e. The molecule has 0 unspecified atom stereocenters. The van der Waals surface area contributed by atoms with Gasteiger partial charge >= 0.3 is 0 Å². The zero-order chi connectivity index (χ0) is 6.95. The largest absolute Gasteiger partial charge is 0.343 e. The number of thiocarbonyl (C=S) groups is 2. The molecular weight excluding hydrogens is 160 g/mol. The number of isothiocyanates is 2. The highest BCUT2D eigenvalue weighted by Gasteiger charge is 1.75. The minimum atomic E-state index is -0.132. The van der Waals surface area contributed by atoms with E-state index in [4.69, 9.17) is 0 Å². The zero-order valence-corrected chi connectivity index (χ0v) is 5.87. The fourth-order valence-corrected chi connectivity index (χ4v) is 0.234. The number of nitrogens with zero attached hydrogens (tertiary/aromatic N) is 2. The first-order valence-electron chi connectivity index (χ1n) is 1.80. The molecule has 0 spiro atoms. The van der Waals surface area contributed by atoms with Crippen molar-refractivity contribution in [3.05, 3.63) is 0 Å². The summed E-state index contributed by atoms with van der Waals surface area (Å²) >= 11 is 8.33. The van der Waals surface area contributed by atoms with Crippen molar-refractivity contribution in [3.63, 3.8) is 0 Å². The van der Waals surface area contributed by atoms with E-state index < -0.39 is 0 Å². The Kier molecular flexibility index (Phi) is 6.56. The first-order chi connectivity index (χ1) is 4.41. The van der Waals surface area contributed by atoms with Gasteiger partial charge in [-0.05, 0) is 34.7 Å². The Bertz CT molecular complexity index is 141. The lowest BCUT2D eigenvalue weighted by Gasteiger charge is -1.89.